The van der Waals surface area contributed by atoms with Crippen molar-refractivity contribution >= 4 is 6.79 Å². The molecule has 0 spiro atoms. The number of hydrogen-bond acceptors (Lipinski definition) is 1. The van der Waals surface area contributed by atoms with E-state index in [0.717, 1.165) is 6.42 Å². The van der Waals surface area contributed by atoms with E-state index >= 15 is 0 Å². The minimum atomic E-state index is 0.597. The number of allylic oxidation sites excluding steroid dienone is 6. The topological polar surface area (TPSA) is 17.1 Å². The van der Waals surface area contributed by atoms with Crippen molar-refractivity contribution in [2.45, 2.75) is 20.3 Å². The summed E-state index contributed by atoms with van der Waals surface area (Å²) in [6.45, 7) is 6.37. The fraction of sp³-hybridized carbons (Fsp3) is 0.364. The van der Waals surface area contributed by atoms with Crippen LogP contribution in [0.2, 0.25) is 0 Å². The van der Waals surface area contributed by atoms with Gasteiger partial charge in [-0.2, -0.15) is 0 Å². The fourth-order valence-electron chi connectivity index (χ4n) is 0.985. The maximum absolute atomic E-state index is 8.00. The van der Waals surface area contributed by atoms with Gasteiger partial charge in [0.2, 0.25) is 0 Å². The quantitative estimate of drug-likeness (QED) is 0.582. The molecule has 0 bridgehead atoms. The van der Waals surface area contributed by atoms with Crippen molar-refractivity contribution in [2.24, 2.45) is 5.92 Å². The van der Waals surface area contributed by atoms with Gasteiger partial charge in [-0.05, 0) is 17.9 Å². The summed E-state index contributed by atoms with van der Waals surface area (Å²) in [6, 6.07) is 0. The van der Waals surface area contributed by atoms with Crippen LogP contribution in [0, 0.1) is 5.92 Å². The molecule has 0 saturated carbocycles. The van der Waals surface area contributed by atoms with Crippen LogP contribution >= 0.6 is 0 Å². The molecule has 0 amide bonds. The van der Waals surface area contributed by atoms with Gasteiger partial charge in [0.25, 0.3) is 0 Å². The van der Waals surface area contributed by atoms with Gasteiger partial charge in [0.05, 0.1) is 0 Å². The molecule has 12 heavy (non-hydrogen) atoms. The Morgan fingerprint density at radius 3 is 2.67 bits per heavy atom. The maximum Gasteiger partial charge on any atom is 0.106 e. The summed E-state index contributed by atoms with van der Waals surface area (Å²) in [5, 5.41) is 0. The van der Waals surface area contributed by atoms with Gasteiger partial charge in [0.15, 0.2) is 0 Å². The monoisotopic (exact) mass is 164 g/mol. The Balaban J connectivity index is 0.000000561. The van der Waals surface area contributed by atoms with Crippen LogP contribution in [0.1, 0.15) is 20.3 Å². The highest BCUT2D eigenvalue weighted by atomic mass is 16.1. The first-order valence-electron chi connectivity index (χ1n) is 4.17. The van der Waals surface area contributed by atoms with Crippen LogP contribution < -0.4 is 0 Å². The molecule has 1 heteroatoms. The van der Waals surface area contributed by atoms with E-state index in [9.17, 15) is 0 Å². The molecule has 66 valence electrons. The highest BCUT2D eigenvalue weighted by Crippen LogP contribution is 2.11. The normalized spacial score (nSPS) is 20.5. The molecule has 1 atom stereocenters. The molecule has 0 aromatic rings. The maximum atomic E-state index is 8.00. The van der Waals surface area contributed by atoms with Crippen LogP contribution in [-0.2, 0) is 4.79 Å². The predicted molar refractivity (Wildman–Crippen MR) is 52.9 cm³/mol. The summed E-state index contributed by atoms with van der Waals surface area (Å²) >= 11 is 0. The molecule has 1 rings (SSSR count). The molecule has 1 nitrogen and oxygen atoms in total. The molecule has 0 N–H and O–H groups in total. The smallest absolute Gasteiger partial charge is 0.106 e. The molecule has 0 aromatic heterocycles. The van der Waals surface area contributed by atoms with E-state index in [1.54, 1.807) is 0 Å². The lowest BCUT2D eigenvalue weighted by molar-refractivity contribution is -0.0979. The third kappa shape index (κ3) is 3.91. The van der Waals surface area contributed by atoms with Gasteiger partial charge in [-0.25, -0.2) is 0 Å². The summed E-state index contributed by atoms with van der Waals surface area (Å²) in [7, 11) is 0. The lowest BCUT2D eigenvalue weighted by Crippen LogP contribution is -1.78. The number of carbonyl (C=O) groups excluding carboxylic acids is 1. The molecule has 0 fully saturated rings. The van der Waals surface area contributed by atoms with Crippen molar-refractivity contribution in [3.63, 3.8) is 0 Å². The molecule has 1 unspecified atom stereocenters. The first kappa shape index (κ1) is 10.9. The van der Waals surface area contributed by atoms with Gasteiger partial charge in [-0.1, -0.05) is 44.2 Å². The van der Waals surface area contributed by atoms with E-state index in [-0.39, 0.29) is 0 Å². The highest BCUT2D eigenvalue weighted by molar-refractivity contribution is 5.27. The Labute approximate surface area is 74.5 Å². The standard InChI is InChI=1S/C10H14.CH2O/c1-3-10-6-4-5-9(2)7-8-10;1-2/h4-9H,3H2,1-2H3;1H2. The Morgan fingerprint density at radius 2 is 2.08 bits per heavy atom. The molecule has 0 saturated heterocycles. The van der Waals surface area contributed by atoms with Crippen molar-refractivity contribution in [1.29, 1.82) is 0 Å². The lowest BCUT2D eigenvalue weighted by atomic mass is 10.1. The SMILES string of the molecule is C=O.CCC1=CC=CC(C)C=C1. The first-order valence-corrected chi connectivity index (χ1v) is 4.17. The van der Waals surface area contributed by atoms with Crippen molar-refractivity contribution in [1.82, 2.24) is 0 Å². The van der Waals surface area contributed by atoms with E-state index in [2.05, 4.69) is 44.2 Å². The predicted octanol–water partition coefficient (Wildman–Crippen LogP) is 2.90. The van der Waals surface area contributed by atoms with Crippen molar-refractivity contribution in [3.8, 4) is 0 Å². The number of rotatable bonds is 1. The number of carbonyl (C=O) groups is 1. The average molecular weight is 164 g/mol. The van der Waals surface area contributed by atoms with Crippen LogP contribution in [-0.4, -0.2) is 6.79 Å². The lowest BCUT2D eigenvalue weighted by Gasteiger charge is -1.93. The zero-order chi connectivity index (χ0) is 9.40. The van der Waals surface area contributed by atoms with Crippen LogP contribution in [0.5, 0.6) is 0 Å². The Kier molecular flexibility index (Phi) is 5.98. The summed E-state index contributed by atoms with van der Waals surface area (Å²) < 4.78 is 0. The summed E-state index contributed by atoms with van der Waals surface area (Å²) in [5.41, 5.74) is 1.42. The van der Waals surface area contributed by atoms with Crippen LogP contribution in [0.15, 0.2) is 36.0 Å². The molecule has 1 aliphatic rings. The van der Waals surface area contributed by atoms with Gasteiger partial charge in [-0.3, -0.25) is 0 Å². The zero-order valence-corrected chi connectivity index (χ0v) is 7.79. The summed E-state index contributed by atoms with van der Waals surface area (Å²) in [6.07, 6.45) is 12.1. The van der Waals surface area contributed by atoms with Gasteiger partial charge in [0, 0.05) is 0 Å². The van der Waals surface area contributed by atoms with E-state index in [1.165, 1.54) is 5.57 Å². The van der Waals surface area contributed by atoms with Crippen LogP contribution in [0.25, 0.3) is 0 Å². The molecule has 1 aliphatic carbocycles. The van der Waals surface area contributed by atoms with Gasteiger partial charge in [-0.15, -0.1) is 0 Å². The van der Waals surface area contributed by atoms with Crippen molar-refractivity contribution in [3.05, 3.63) is 36.0 Å². The van der Waals surface area contributed by atoms with Gasteiger partial charge in [0.1, 0.15) is 6.79 Å². The number of hydrogen-bond donors (Lipinski definition) is 0. The van der Waals surface area contributed by atoms with Crippen molar-refractivity contribution < 1.29 is 4.79 Å². The van der Waals surface area contributed by atoms with E-state index < -0.39 is 0 Å². The third-order valence-corrected chi connectivity index (χ3v) is 1.75. The van der Waals surface area contributed by atoms with Crippen LogP contribution in [0.3, 0.4) is 0 Å². The molecule has 0 heterocycles. The van der Waals surface area contributed by atoms with E-state index in [1.807, 2.05) is 6.79 Å². The fourth-order valence-corrected chi connectivity index (χ4v) is 0.985. The van der Waals surface area contributed by atoms with E-state index in [0.29, 0.717) is 5.92 Å². The van der Waals surface area contributed by atoms with Gasteiger partial charge >= 0.3 is 0 Å². The second-order valence-electron chi connectivity index (χ2n) is 2.70. The second kappa shape index (κ2) is 6.59. The Bertz CT molecular complexity index is 199. The van der Waals surface area contributed by atoms with Gasteiger partial charge < -0.3 is 4.79 Å². The molecule has 0 aliphatic heterocycles. The molecule has 0 aromatic carbocycles. The summed E-state index contributed by atoms with van der Waals surface area (Å²) in [5.74, 6) is 0.597. The third-order valence-electron chi connectivity index (χ3n) is 1.75. The second-order valence-corrected chi connectivity index (χ2v) is 2.70. The van der Waals surface area contributed by atoms with Crippen LogP contribution in [0.4, 0.5) is 0 Å². The minimum absolute atomic E-state index is 0.597. The zero-order valence-electron chi connectivity index (χ0n) is 7.79. The molecular formula is C11H16O. The minimum Gasteiger partial charge on any atom is -0.307 e. The Morgan fingerprint density at radius 1 is 1.42 bits per heavy atom. The molecule has 0 radical (unpaired) electrons. The first-order chi connectivity index (χ1) is 5.83. The largest absolute Gasteiger partial charge is 0.307 e. The average Bonchev–Trinajstić information content (AvgIpc) is 2.33. The van der Waals surface area contributed by atoms with Crippen molar-refractivity contribution in [2.75, 3.05) is 0 Å². The van der Waals surface area contributed by atoms with E-state index in [4.69, 9.17) is 4.79 Å². The molecular weight excluding hydrogens is 148 g/mol. The summed E-state index contributed by atoms with van der Waals surface area (Å²) in [4.78, 5) is 8.00. The highest BCUT2D eigenvalue weighted by Gasteiger charge is 1.93. The Hall–Kier alpha value is -1.11.